The third-order valence-corrected chi connectivity index (χ3v) is 4.16. The van der Waals surface area contributed by atoms with Crippen LogP contribution in [0.15, 0.2) is 53.6 Å². The Balaban J connectivity index is 2.66. The van der Waals surface area contributed by atoms with E-state index in [2.05, 4.69) is 0 Å². The fourth-order valence-electron chi connectivity index (χ4n) is 2.71. The highest BCUT2D eigenvalue weighted by atomic mass is 16.5. The van der Waals surface area contributed by atoms with Crippen LogP contribution in [0.25, 0.3) is 12.2 Å². The van der Waals surface area contributed by atoms with Gasteiger partial charge in [-0.15, -0.1) is 0 Å². The first kappa shape index (κ1) is 20.8. The number of hydrogen-bond acceptors (Lipinski definition) is 5. The van der Waals surface area contributed by atoms with Gasteiger partial charge in [0, 0.05) is 5.56 Å². The van der Waals surface area contributed by atoms with Crippen LogP contribution in [0.5, 0.6) is 11.5 Å². The lowest BCUT2D eigenvalue weighted by molar-refractivity contribution is -0.136. The van der Waals surface area contributed by atoms with Gasteiger partial charge in [0.2, 0.25) is 5.91 Å². The van der Waals surface area contributed by atoms with Crippen molar-refractivity contribution in [2.75, 3.05) is 21.3 Å². The molecule has 2 N–H and O–H groups in total. The Labute approximate surface area is 164 Å². The Morgan fingerprint density at radius 3 is 1.86 bits per heavy atom. The lowest BCUT2D eigenvalue weighted by atomic mass is 9.98. The Morgan fingerprint density at radius 1 is 0.857 bits per heavy atom. The summed E-state index contributed by atoms with van der Waals surface area (Å²) in [4.78, 5) is 24.5. The molecule has 0 atom stereocenters. The van der Waals surface area contributed by atoms with Gasteiger partial charge >= 0.3 is 5.97 Å². The van der Waals surface area contributed by atoms with Crippen molar-refractivity contribution in [3.63, 3.8) is 0 Å². The summed E-state index contributed by atoms with van der Waals surface area (Å²) in [5.41, 5.74) is 7.80. The quantitative estimate of drug-likeness (QED) is 0.452. The fraction of sp³-hybridized carbons (Fsp3) is 0.182. The van der Waals surface area contributed by atoms with E-state index in [4.69, 9.17) is 19.9 Å². The minimum atomic E-state index is -0.758. The summed E-state index contributed by atoms with van der Waals surface area (Å²) in [6.07, 6.45) is 3.07. The van der Waals surface area contributed by atoms with Crippen molar-refractivity contribution < 1.29 is 23.8 Å². The van der Waals surface area contributed by atoms with E-state index in [-0.39, 0.29) is 11.1 Å². The summed E-state index contributed by atoms with van der Waals surface area (Å²) < 4.78 is 15.6. The molecule has 2 aromatic carbocycles. The zero-order chi connectivity index (χ0) is 20.7. The maximum absolute atomic E-state index is 12.4. The number of esters is 1. The van der Waals surface area contributed by atoms with Crippen molar-refractivity contribution in [1.29, 1.82) is 0 Å². The van der Waals surface area contributed by atoms with E-state index >= 15 is 0 Å². The van der Waals surface area contributed by atoms with Crippen LogP contribution in [-0.2, 0) is 14.3 Å². The van der Waals surface area contributed by atoms with Gasteiger partial charge in [-0.05, 0) is 42.3 Å². The minimum Gasteiger partial charge on any atom is -0.496 e. The molecule has 146 valence electrons. The van der Waals surface area contributed by atoms with Crippen LogP contribution in [0.1, 0.15) is 16.7 Å². The highest BCUT2D eigenvalue weighted by molar-refractivity contribution is 6.14. The number of methoxy groups -OCH3 is 3. The molecule has 0 aromatic heterocycles. The number of primary amides is 1. The molecule has 0 unspecified atom stereocenters. The third-order valence-electron chi connectivity index (χ3n) is 4.16. The summed E-state index contributed by atoms with van der Waals surface area (Å²) in [5.74, 6) is -0.256. The average Bonchev–Trinajstić information content (AvgIpc) is 2.71. The molecule has 0 bridgehead atoms. The van der Waals surface area contributed by atoms with E-state index in [1.54, 1.807) is 44.6 Å². The third kappa shape index (κ3) is 4.79. The Hall–Kier alpha value is -3.54. The van der Waals surface area contributed by atoms with Gasteiger partial charge in [0.15, 0.2) is 0 Å². The number of amides is 1. The smallest absolute Gasteiger partial charge is 0.338 e. The molecule has 0 aliphatic rings. The summed E-state index contributed by atoms with van der Waals surface area (Å²) in [7, 11) is 4.33. The minimum absolute atomic E-state index is 0.0173. The summed E-state index contributed by atoms with van der Waals surface area (Å²) in [5, 5.41) is 0. The molecule has 0 saturated carbocycles. The highest BCUT2D eigenvalue weighted by Gasteiger charge is 2.20. The lowest BCUT2D eigenvalue weighted by Gasteiger charge is -2.12. The lowest BCUT2D eigenvalue weighted by Crippen LogP contribution is -2.20. The van der Waals surface area contributed by atoms with Gasteiger partial charge in [-0.25, -0.2) is 4.79 Å². The van der Waals surface area contributed by atoms with Crippen molar-refractivity contribution in [2.45, 2.75) is 6.92 Å². The fourth-order valence-corrected chi connectivity index (χ4v) is 2.71. The molecule has 6 heteroatoms. The number of rotatable bonds is 7. The van der Waals surface area contributed by atoms with E-state index in [0.29, 0.717) is 17.1 Å². The van der Waals surface area contributed by atoms with E-state index in [1.165, 1.54) is 13.2 Å². The topological polar surface area (TPSA) is 87.8 Å². The van der Waals surface area contributed by atoms with Gasteiger partial charge in [-0.3, -0.25) is 4.79 Å². The van der Waals surface area contributed by atoms with Gasteiger partial charge in [-0.2, -0.15) is 0 Å². The van der Waals surface area contributed by atoms with Crippen molar-refractivity contribution in [2.24, 2.45) is 5.73 Å². The largest absolute Gasteiger partial charge is 0.496 e. The molecule has 6 nitrogen and oxygen atoms in total. The molecule has 0 saturated heterocycles. The molecule has 0 fully saturated rings. The summed E-state index contributed by atoms with van der Waals surface area (Å²) in [6.45, 7) is 1.86. The van der Waals surface area contributed by atoms with Crippen molar-refractivity contribution in [3.8, 4) is 11.5 Å². The van der Waals surface area contributed by atoms with Crippen LogP contribution < -0.4 is 15.2 Å². The molecule has 2 aromatic rings. The van der Waals surface area contributed by atoms with Gasteiger partial charge in [0.1, 0.15) is 11.5 Å². The van der Waals surface area contributed by atoms with Crippen molar-refractivity contribution in [1.82, 2.24) is 0 Å². The molecule has 0 radical (unpaired) electrons. The number of ether oxygens (including phenoxy) is 3. The predicted octanol–water partition coefficient (Wildman–Crippen LogP) is 3.14. The normalized spacial score (nSPS) is 11.7. The highest BCUT2D eigenvalue weighted by Crippen LogP contribution is 2.31. The molecular formula is C22H23NO5. The number of nitrogens with two attached hydrogens (primary N) is 1. The number of benzene rings is 2. The van der Waals surface area contributed by atoms with E-state index in [0.717, 1.165) is 11.1 Å². The molecule has 2 rings (SSSR count). The van der Waals surface area contributed by atoms with Crippen LogP contribution in [0.3, 0.4) is 0 Å². The van der Waals surface area contributed by atoms with E-state index in [9.17, 15) is 9.59 Å². The average molecular weight is 381 g/mol. The second-order valence-electron chi connectivity index (χ2n) is 5.93. The second kappa shape index (κ2) is 9.41. The van der Waals surface area contributed by atoms with E-state index in [1.807, 2.05) is 25.1 Å². The van der Waals surface area contributed by atoms with Crippen LogP contribution >= 0.6 is 0 Å². The van der Waals surface area contributed by atoms with Crippen LogP contribution in [0, 0.1) is 6.92 Å². The molecule has 0 spiro atoms. The standard InChI is InChI=1S/C22H23NO5/c1-14-19(26-2)12-16(13-20(14)27-3)11-17(21(23)24)18(22(25)28-4)10-15-8-6-5-7-9-15/h5-13H,1-4H3,(H2,23,24). The second-order valence-corrected chi connectivity index (χ2v) is 5.93. The van der Waals surface area contributed by atoms with Crippen LogP contribution in [-0.4, -0.2) is 33.2 Å². The van der Waals surface area contributed by atoms with Gasteiger partial charge in [-0.1, -0.05) is 30.3 Å². The van der Waals surface area contributed by atoms with Crippen LogP contribution in [0.4, 0.5) is 0 Å². The van der Waals surface area contributed by atoms with Crippen LogP contribution in [0.2, 0.25) is 0 Å². The molecular weight excluding hydrogens is 358 g/mol. The van der Waals surface area contributed by atoms with Gasteiger partial charge in [0.05, 0.1) is 32.5 Å². The monoisotopic (exact) mass is 381 g/mol. The molecule has 1 amide bonds. The predicted molar refractivity (Wildman–Crippen MR) is 108 cm³/mol. The van der Waals surface area contributed by atoms with Gasteiger partial charge < -0.3 is 19.9 Å². The SMILES string of the molecule is COC(=O)C(=Cc1ccccc1)C(=Cc1cc(OC)c(C)c(OC)c1)C(N)=O. The molecule has 0 aliphatic heterocycles. The molecule has 0 aliphatic carbocycles. The van der Waals surface area contributed by atoms with Crippen molar-refractivity contribution in [3.05, 3.63) is 70.3 Å². The maximum Gasteiger partial charge on any atom is 0.338 e. The number of hydrogen-bond donors (Lipinski definition) is 1. The zero-order valence-corrected chi connectivity index (χ0v) is 16.3. The van der Waals surface area contributed by atoms with E-state index < -0.39 is 11.9 Å². The Kier molecular flexibility index (Phi) is 6.98. The first-order valence-corrected chi connectivity index (χ1v) is 8.50. The molecule has 28 heavy (non-hydrogen) atoms. The Morgan fingerprint density at radius 2 is 1.39 bits per heavy atom. The van der Waals surface area contributed by atoms with Crippen molar-refractivity contribution >= 4 is 24.0 Å². The first-order chi connectivity index (χ1) is 13.4. The van der Waals surface area contributed by atoms with Gasteiger partial charge in [0.25, 0.3) is 0 Å². The first-order valence-electron chi connectivity index (χ1n) is 8.50. The summed E-state index contributed by atoms with van der Waals surface area (Å²) >= 11 is 0. The maximum atomic E-state index is 12.4. The Bertz CT molecular complexity index is 904. The summed E-state index contributed by atoms with van der Waals surface area (Å²) in [6, 6.07) is 12.6. The zero-order valence-electron chi connectivity index (χ0n) is 16.3. The molecule has 0 heterocycles. The number of carbonyl (C=O) groups excluding carboxylic acids is 2. The number of carbonyl (C=O) groups is 2.